The summed E-state index contributed by atoms with van der Waals surface area (Å²) in [7, 11) is 1.31. The molecule has 0 aliphatic carbocycles. The van der Waals surface area contributed by atoms with Crippen molar-refractivity contribution in [3.63, 3.8) is 0 Å². The van der Waals surface area contributed by atoms with Crippen molar-refractivity contribution in [3.8, 4) is 5.75 Å². The number of methoxy groups -OCH3 is 1. The Kier molecular flexibility index (Phi) is 7.94. The molecule has 5 nitrogen and oxygen atoms in total. The molecule has 0 unspecified atom stereocenters. The Bertz CT molecular complexity index is 560. The van der Waals surface area contributed by atoms with Gasteiger partial charge in [-0.1, -0.05) is 53.2 Å². The number of rotatable bonds is 8. The predicted molar refractivity (Wildman–Crippen MR) is 98.4 cm³/mol. The molecule has 5 heteroatoms. The van der Waals surface area contributed by atoms with Crippen LogP contribution in [0.25, 0.3) is 0 Å². The lowest BCUT2D eigenvalue weighted by molar-refractivity contribution is -0.146. The Morgan fingerprint density at radius 1 is 1.16 bits per heavy atom. The minimum Gasteiger partial charge on any atom is -0.493 e. The summed E-state index contributed by atoms with van der Waals surface area (Å²) in [5.74, 6) is 0.537. The number of esters is 1. The topological polar surface area (TPSA) is 64.6 Å². The fraction of sp³-hybridized carbons (Fsp3) is 0.600. The molecule has 1 aromatic rings. The minimum atomic E-state index is -0.829. The Morgan fingerprint density at radius 3 is 2.24 bits per heavy atom. The van der Waals surface area contributed by atoms with Crippen LogP contribution in [0.3, 0.4) is 0 Å². The zero-order chi connectivity index (χ0) is 19.0. The van der Waals surface area contributed by atoms with Crippen molar-refractivity contribution < 1.29 is 19.1 Å². The van der Waals surface area contributed by atoms with E-state index < -0.39 is 17.4 Å². The highest BCUT2D eigenvalue weighted by molar-refractivity contribution is 5.88. The second kappa shape index (κ2) is 9.44. The number of benzene rings is 1. The summed E-state index contributed by atoms with van der Waals surface area (Å²) in [5, 5.41) is 2.76. The fourth-order valence-corrected chi connectivity index (χ4v) is 2.31. The second-order valence-corrected chi connectivity index (χ2v) is 7.45. The van der Waals surface area contributed by atoms with Gasteiger partial charge in [0, 0.05) is 5.41 Å². The number of carbonyl (C=O) groups excluding carboxylic acids is 2. The molecule has 140 valence electrons. The van der Waals surface area contributed by atoms with Gasteiger partial charge in [-0.25, -0.2) is 4.79 Å². The lowest BCUT2D eigenvalue weighted by atomic mass is 9.94. The van der Waals surface area contributed by atoms with E-state index in [9.17, 15) is 9.59 Å². The van der Waals surface area contributed by atoms with E-state index in [1.807, 2.05) is 12.1 Å². The summed E-state index contributed by atoms with van der Waals surface area (Å²) in [5.41, 5.74) is 0.0727. The third kappa shape index (κ3) is 6.77. The molecule has 1 N–H and O–H groups in total. The Balaban J connectivity index is 2.83. The van der Waals surface area contributed by atoms with Crippen LogP contribution in [-0.4, -0.2) is 25.6 Å². The van der Waals surface area contributed by atoms with Crippen LogP contribution in [0.2, 0.25) is 0 Å². The van der Waals surface area contributed by atoms with Crippen LogP contribution in [0.15, 0.2) is 24.3 Å². The normalized spacial score (nSPS) is 13.7. The van der Waals surface area contributed by atoms with Gasteiger partial charge in [0.15, 0.2) is 6.04 Å². The van der Waals surface area contributed by atoms with Crippen LogP contribution in [0.4, 0.5) is 0 Å². The SMILES string of the molecule is CCC[C@H](C)COc1ccc([C@@H](NC(=O)C(C)(C)C)C(=O)OC)cc1. The molecule has 0 aliphatic rings. The van der Waals surface area contributed by atoms with E-state index in [4.69, 9.17) is 9.47 Å². The maximum Gasteiger partial charge on any atom is 0.333 e. The lowest BCUT2D eigenvalue weighted by Gasteiger charge is -2.23. The van der Waals surface area contributed by atoms with Crippen LogP contribution in [0, 0.1) is 11.3 Å². The molecule has 0 aliphatic heterocycles. The molecule has 1 aromatic carbocycles. The van der Waals surface area contributed by atoms with E-state index in [2.05, 4.69) is 19.2 Å². The largest absolute Gasteiger partial charge is 0.493 e. The fourth-order valence-electron chi connectivity index (χ4n) is 2.31. The number of amides is 1. The van der Waals surface area contributed by atoms with Crippen LogP contribution in [0.1, 0.15) is 59.1 Å². The van der Waals surface area contributed by atoms with E-state index in [1.54, 1.807) is 32.9 Å². The molecule has 0 heterocycles. The highest BCUT2D eigenvalue weighted by Gasteiger charge is 2.29. The average molecular weight is 349 g/mol. The number of hydrogen-bond donors (Lipinski definition) is 1. The number of nitrogens with one attached hydrogen (secondary N) is 1. The molecule has 0 spiro atoms. The summed E-state index contributed by atoms with van der Waals surface area (Å²) >= 11 is 0. The maximum absolute atomic E-state index is 12.2. The molecule has 0 radical (unpaired) electrons. The molecule has 25 heavy (non-hydrogen) atoms. The first-order chi connectivity index (χ1) is 11.7. The van der Waals surface area contributed by atoms with Crippen molar-refractivity contribution in [2.75, 3.05) is 13.7 Å². The van der Waals surface area contributed by atoms with Crippen LogP contribution < -0.4 is 10.1 Å². The van der Waals surface area contributed by atoms with Crippen molar-refractivity contribution in [1.82, 2.24) is 5.32 Å². The van der Waals surface area contributed by atoms with Gasteiger partial charge in [-0.2, -0.15) is 0 Å². The van der Waals surface area contributed by atoms with Gasteiger partial charge in [0.25, 0.3) is 0 Å². The van der Waals surface area contributed by atoms with Gasteiger partial charge in [0.05, 0.1) is 13.7 Å². The monoisotopic (exact) mass is 349 g/mol. The third-order valence-corrected chi connectivity index (χ3v) is 3.92. The molecule has 2 atom stereocenters. The summed E-state index contributed by atoms with van der Waals surface area (Å²) in [4.78, 5) is 24.3. The number of ether oxygens (including phenoxy) is 2. The van der Waals surface area contributed by atoms with E-state index in [-0.39, 0.29) is 5.91 Å². The van der Waals surface area contributed by atoms with Crippen molar-refractivity contribution in [2.45, 2.75) is 53.5 Å². The Labute approximate surface area is 151 Å². The van der Waals surface area contributed by atoms with Gasteiger partial charge >= 0.3 is 5.97 Å². The van der Waals surface area contributed by atoms with Crippen LogP contribution in [0.5, 0.6) is 5.75 Å². The van der Waals surface area contributed by atoms with Crippen molar-refractivity contribution >= 4 is 11.9 Å². The van der Waals surface area contributed by atoms with Crippen LogP contribution >= 0.6 is 0 Å². The van der Waals surface area contributed by atoms with E-state index >= 15 is 0 Å². The molecule has 0 bridgehead atoms. The zero-order valence-electron chi connectivity index (χ0n) is 16.2. The summed E-state index contributed by atoms with van der Waals surface area (Å²) in [6.07, 6.45) is 2.26. The predicted octanol–water partition coefficient (Wildman–Crippen LogP) is 3.88. The smallest absolute Gasteiger partial charge is 0.333 e. The molecule has 1 amide bonds. The lowest BCUT2D eigenvalue weighted by Crippen LogP contribution is -2.40. The van der Waals surface area contributed by atoms with E-state index in [0.717, 1.165) is 18.6 Å². The number of hydrogen-bond acceptors (Lipinski definition) is 4. The highest BCUT2D eigenvalue weighted by Crippen LogP contribution is 2.22. The van der Waals surface area contributed by atoms with E-state index in [0.29, 0.717) is 18.1 Å². The summed E-state index contributed by atoms with van der Waals surface area (Å²) < 4.78 is 10.6. The molecular formula is C20H31NO4. The van der Waals surface area contributed by atoms with Gasteiger partial charge in [0.2, 0.25) is 5.91 Å². The Hall–Kier alpha value is -2.04. The molecule has 1 rings (SSSR count). The minimum absolute atomic E-state index is 0.211. The first-order valence-corrected chi connectivity index (χ1v) is 8.80. The van der Waals surface area contributed by atoms with E-state index in [1.165, 1.54) is 7.11 Å². The molecular weight excluding hydrogens is 318 g/mol. The average Bonchev–Trinajstić information content (AvgIpc) is 2.57. The summed E-state index contributed by atoms with van der Waals surface area (Å²) in [6, 6.07) is 6.36. The third-order valence-electron chi connectivity index (χ3n) is 3.92. The van der Waals surface area contributed by atoms with Gasteiger partial charge < -0.3 is 14.8 Å². The molecule has 0 fully saturated rings. The van der Waals surface area contributed by atoms with Crippen molar-refractivity contribution in [1.29, 1.82) is 0 Å². The van der Waals surface area contributed by atoms with Gasteiger partial charge in [-0.3, -0.25) is 4.79 Å². The van der Waals surface area contributed by atoms with Crippen molar-refractivity contribution in [3.05, 3.63) is 29.8 Å². The molecule has 0 saturated heterocycles. The Morgan fingerprint density at radius 2 is 1.76 bits per heavy atom. The molecule has 0 saturated carbocycles. The maximum atomic E-state index is 12.2. The summed E-state index contributed by atoms with van der Waals surface area (Å²) in [6.45, 7) is 10.4. The first kappa shape index (κ1) is 21.0. The van der Waals surface area contributed by atoms with Gasteiger partial charge in [0.1, 0.15) is 5.75 Å². The first-order valence-electron chi connectivity index (χ1n) is 8.80. The molecule has 0 aromatic heterocycles. The van der Waals surface area contributed by atoms with Gasteiger partial charge in [-0.15, -0.1) is 0 Å². The second-order valence-electron chi connectivity index (χ2n) is 7.45. The highest BCUT2D eigenvalue weighted by atomic mass is 16.5. The number of carbonyl (C=O) groups is 2. The zero-order valence-corrected chi connectivity index (χ0v) is 16.2. The van der Waals surface area contributed by atoms with Crippen LogP contribution in [-0.2, 0) is 14.3 Å². The standard InChI is InChI=1S/C20H31NO4/c1-7-8-14(2)13-25-16-11-9-15(10-12-16)17(18(22)24-6)21-19(23)20(3,4)5/h9-12,14,17H,7-8,13H2,1-6H3,(H,21,23)/t14-,17+/m0/s1. The van der Waals surface area contributed by atoms with Gasteiger partial charge in [-0.05, 0) is 30.0 Å². The quantitative estimate of drug-likeness (QED) is 0.724. The van der Waals surface area contributed by atoms with Crippen molar-refractivity contribution in [2.24, 2.45) is 11.3 Å².